The fraction of sp³-hybridized carbons (Fsp3) is 0.375. The normalized spacial score (nSPS) is 17.8. The quantitative estimate of drug-likeness (QED) is 0.149. The third kappa shape index (κ3) is 6.36. The SMILES string of the molecule is CC=CC1OCC(c2ccc(-c3ccc(-c4ccc(CCCCCCC)c(F)c4F)cc3)c(F)c2F)CO1. The molecule has 1 saturated heterocycles. The van der Waals surface area contributed by atoms with Crippen molar-refractivity contribution in [1.82, 2.24) is 0 Å². The largest absolute Gasteiger partial charge is 0.348 e. The fourth-order valence-corrected chi connectivity index (χ4v) is 4.82. The average Bonchev–Trinajstić information content (AvgIpc) is 2.93. The minimum absolute atomic E-state index is 0.0901. The predicted molar refractivity (Wildman–Crippen MR) is 143 cm³/mol. The Morgan fingerprint density at radius 3 is 1.89 bits per heavy atom. The Labute approximate surface area is 222 Å². The molecule has 1 aliphatic rings. The summed E-state index contributed by atoms with van der Waals surface area (Å²) in [5, 5.41) is 0. The van der Waals surface area contributed by atoms with Gasteiger partial charge in [0.05, 0.1) is 13.2 Å². The second-order valence-corrected chi connectivity index (χ2v) is 9.73. The molecule has 3 aromatic rings. The molecule has 0 aromatic heterocycles. The van der Waals surface area contributed by atoms with E-state index >= 15 is 8.78 Å². The number of halogens is 4. The van der Waals surface area contributed by atoms with E-state index in [1.807, 2.05) is 13.0 Å². The molecule has 3 aromatic carbocycles. The van der Waals surface area contributed by atoms with E-state index in [1.54, 1.807) is 48.5 Å². The predicted octanol–water partition coefficient (Wildman–Crippen LogP) is 9.12. The zero-order chi connectivity index (χ0) is 27.1. The van der Waals surface area contributed by atoms with E-state index in [4.69, 9.17) is 9.47 Å². The third-order valence-electron chi connectivity index (χ3n) is 7.04. The number of unbranched alkanes of at least 4 members (excludes halogenated alkanes) is 4. The fourth-order valence-electron chi connectivity index (χ4n) is 4.82. The summed E-state index contributed by atoms with van der Waals surface area (Å²) < 4.78 is 70.8. The molecule has 0 amide bonds. The highest BCUT2D eigenvalue weighted by Crippen LogP contribution is 2.34. The van der Waals surface area contributed by atoms with Crippen LogP contribution in [0.2, 0.25) is 0 Å². The first-order valence-corrected chi connectivity index (χ1v) is 13.4. The summed E-state index contributed by atoms with van der Waals surface area (Å²) in [6.45, 7) is 4.42. The van der Waals surface area contributed by atoms with Crippen LogP contribution in [-0.4, -0.2) is 19.5 Å². The lowest BCUT2D eigenvalue weighted by Crippen LogP contribution is -2.30. The summed E-state index contributed by atoms with van der Waals surface area (Å²) in [4.78, 5) is 0. The molecular formula is C32H34F4O2. The van der Waals surface area contributed by atoms with Crippen LogP contribution in [-0.2, 0) is 15.9 Å². The highest BCUT2D eigenvalue weighted by molar-refractivity contribution is 5.71. The molecule has 202 valence electrons. The molecule has 2 nitrogen and oxygen atoms in total. The Morgan fingerprint density at radius 2 is 1.29 bits per heavy atom. The zero-order valence-electron chi connectivity index (χ0n) is 21.9. The molecule has 4 rings (SSSR count). The highest BCUT2D eigenvalue weighted by atomic mass is 19.2. The molecule has 0 radical (unpaired) electrons. The molecule has 0 spiro atoms. The zero-order valence-corrected chi connectivity index (χ0v) is 21.9. The number of rotatable bonds is 10. The highest BCUT2D eigenvalue weighted by Gasteiger charge is 2.27. The van der Waals surface area contributed by atoms with Crippen LogP contribution in [0.5, 0.6) is 0 Å². The monoisotopic (exact) mass is 526 g/mol. The van der Waals surface area contributed by atoms with Gasteiger partial charge in [-0.2, -0.15) is 0 Å². The minimum atomic E-state index is -0.966. The summed E-state index contributed by atoms with van der Waals surface area (Å²) in [7, 11) is 0. The number of hydrogen-bond acceptors (Lipinski definition) is 2. The standard InChI is InChI=1S/C32H34F4O2/c1-3-5-6-7-8-10-23-15-16-25(30(34)29(23)33)21-11-13-22(14-12-21)26-17-18-27(32(36)31(26)35)24-19-37-28(9-4-2)38-20-24/h4,9,11-18,24,28H,3,5-8,10,19-20H2,1-2H3. The lowest BCUT2D eigenvalue weighted by Gasteiger charge is -2.28. The Morgan fingerprint density at radius 1 is 0.711 bits per heavy atom. The lowest BCUT2D eigenvalue weighted by atomic mass is 9.94. The van der Waals surface area contributed by atoms with Crippen LogP contribution in [0.25, 0.3) is 22.3 Å². The molecule has 6 heteroatoms. The maximum atomic E-state index is 15.1. The first kappa shape index (κ1) is 28.1. The maximum absolute atomic E-state index is 15.1. The van der Waals surface area contributed by atoms with E-state index in [-0.39, 0.29) is 29.9 Å². The Kier molecular flexibility index (Phi) is 9.75. The molecule has 0 bridgehead atoms. The minimum Gasteiger partial charge on any atom is -0.348 e. The maximum Gasteiger partial charge on any atom is 0.176 e. The van der Waals surface area contributed by atoms with Crippen molar-refractivity contribution in [1.29, 1.82) is 0 Å². The number of hydrogen-bond donors (Lipinski definition) is 0. The van der Waals surface area contributed by atoms with Gasteiger partial charge in [0, 0.05) is 17.0 Å². The van der Waals surface area contributed by atoms with Crippen molar-refractivity contribution >= 4 is 0 Å². The van der Waals surface area contributed by atoms with E-state index in [2.05, 4.69) is 6.92 Å². The van der Waals surface area contributed by atoms with E-state index in [9.17, 15) is 8.78 Å². The molecule has 0 N–H and O–H groups in total. The Bertz CT molecular complexity index is 1250. The topological polar surface area (TPSA) is 18.5 Å². The summed E-state index contributed by atoms with van der Waals surface area (Å²) in [5.41, 5.74) is 1.70. The van der Waals surface area contributed by atoms with Crippen molar-refractivity contribution < 1.29 is 27.0 Å². The van der Waals surface area contributed by atoms with Crippen molar-refractivity contribution in [2.24, 2.45) is 0 Å². The molecule has 0 atom stereocenters. The van der Waals surface area contributed by atoms with Crippen molar-refractivity contribution in [3.05, 3.63) is 95.1 Å². The van der Waals surface area contributed by atoms with Gasteiger partial charge in [-0.05, 0) is 48.1 Å². The van der Waals surface area contributed by atoms with Crippen molar-refractivity contribution in [2.45, 2.75) is 64.6 Å². The first-order valence-electron chi connectivity index (χ1n) is 13.4. The summed E-state index contributed by atoms with van der Waals surface area (Å²) in [5.74, 6) is -4.03. The first-order chi connectivity index (χ1) is 18.4. The van der Waals surface area contributed by atoms with Gasteiger partial charge >= 0.3 is 0 Å². The summed E-state index contributed by atoms with van der Waals surface area (Å²) >= 11 is 0. The van der Waals surface area contributed by atoms with Crippen LogP contribution in [0.15, 0.2) is 60.7 Å². The number of benzene rings is 3. The Balaban J connectivity index is 1.48. The van der Waals surface area contributed by atoms with Gasteiger partial charge in [0.25, 0.3) is 0 Å². The number of ether oxygens (including phenoxy) is 2. The van der Waals surface area contributed by atoms with Crippen molar-refractivity contribution in [3.8, 4) is 22.3 Å². The van der Waals surface area contributed by atoms with Gasteiger partial charge in [-0.1, -0.05) is 87.2 Å². The molecule has 0 unspecified atom stereocenters. The van der Waals surface area contributed by atoms with E-state index in [0.29, 0.717) is 23.1 Å². The van der Waals surface area contributed by atoms with Crippen LogP contribution in [0.4, 0.5) is 17.6 Å². The van der Waals surface area contributed by atoms with Crippen LogP contribution in [0, 0.1) is 23.3 Å². The second kappa shape index (κ2) is 13.2. The van der Waals surface area contributed by atoms with Gasteiger partial charge in [-0.3, -0.25) is 0 Å². The molecule has 1 aliphatic heterocycles. The van der Waals surface area contributed by atoms with E-state index in [0.717, 1.165) is 32.1 Å². The van der Waals surface area contributed by atoms with Gasteiger partial charge in [-0.15, -0.1) is 0 Å². The second-order valence-electron chi connectivity index (χ2n) is 9.73. The molecule has 0 saturated carbocycles. The van der Waals surface area contributed by atoms with Crippen molar-refractivity contribution in [2.75, 3.05) is 13.2 Å². The van der Waals surface area contributed by atoms with Gasteiger partial charge < -0.3 is 9.47 Å². The molecular weight excluding hydrogens is 492 g/mol. The van der Waals surface area contributed by atoms with Gasteiger partial charge in [0.2, 0.25) is 0 Å². The van der Waals surface area contributed by atoms with Gasteiger partial charge in [0.15, 0.2) is 29.6 Å². The average molecular weight is 527 g/mol. The number of allylic oxidation sites excluding steroid dienone is 1. The molecule has 1 fully saturated rings. The van der Waals surface area contributed by atoms with Crippen LogP contribution >= 0.6 is 0 Å². The van der Waals surface area contributed by atoms with Gasteiger partial charge in [0.1, 0.15) is 0 Å². The summed E-state index contributed by atoms with van der Waals surface area (Å²) in [6.07, 6.45) is 8.78. The van der Waals surface area contributed by atoms with Crippen LogP contribution < -0.4 is 0 Å². The third-order valence-corrected chi connectivity index (χ3v) is 7.04. The van der Waals surface area contributed by atoms with Gasteiger partial charge in [-0.25, -0.2) is 17.6 Å². The molecule has 0 aliphatic carbocycles. The Hall–Kier alpha value is -2.96. The van der Waals surface area contributed by atoms with Crippen LogP contribution in [0.3, 0.4) is 0 Å². The molecule has 38 heavy (non-hydrogen) atoms. The van der Waals surface area contributed by atoms with E-state index in [1.165, 1.54) is 6.07 Å². The van der Waals surface area contributed by atoms with E-state index < -0.39 is 35.5 Å². The lowest BCUT2D eigenvalue weighted by molar-refractivity contribution is -0.159. The number of aryl methyl sites for hydroxylation is 1. The van der Waals surface area contributed by atoms with Crippen LogP contribution in [0.1, 0.15) is 63.0 Å². The summed E-state index contributed by atoms with van der Waals surface area (Å²) in [6, 6.07) is 12.6. The van der Waals surface area contributed by atoms with Crippen molar-refractivity contribution in [3.63, 3.8) is 0 Å². The smallest absolute Gasteiger partial charge is 0.176 e. The molecule has 1 heterocycles.